The van der Waals surface area contributed by atoms with Crippen molar-refractivity contribution in [2.24, 2.45) is 0 Å². The molecule has 164 valence electrons. The summed E-state index contributed by atoms with van der Waals surface area (Å²) in [6, 6.07) is 32.4. The summed E-state index contributed by atoms with van der Waals surface area (Å²) in [7, 11) is -3.94. The normalized spacial score (nSPS) is 19.3. The minimum absolute atomic E-state index is 0.0397. The highest BCUT2D eigenvalue weighted by molar-refractivity contribution is 7.14. The number of allylic oxidation sites excluding steroid dienone is 4. The van der Waals surface area contributed by atoms with Gasteiger partial charge in [0, 0.05) is 5.04 Å². The molecule has 3 aromatic rings. The van der Waals surface area contributed by atoms with Crippen LogP contribution in [-0.2, 0) is 0 Å². The van der Waals surface area contributed by atoms with Gasteiger partial charge in [-0.05, 0) is 41.9 Å². The van der Waals surface area contributed by atoms with Crippen molar-refractivity contribution < 1.29 is 0 Å². The Kier molecular flexibility index (Phi) is 5.81. The average molecular weight is 453 g/mol. The Morgan fingerprint density at radius 1 is 0.594 bits per heavy atom. The molecule has 2 heteroatoms. The van der Waals surface area contributed by atoms with E-state index in [-0.39, 0.29) is 5.04 Å². The zero-order chi connectivity index (χ0) is 23.1. The van der Waals surface area contributed by atoms with E-state index >= 15 is 0 Å². The third kappa shape index (κ3) is 3.41. The largest absolute Gasteiger partial charge is 0.161 e. The van der Waals surface area contributed by atoms with Gasteiger partial charge in [0.15, 0.2) is 8.07 Å². The minimum atomic E-state index is -2.48. The van der Waals surface area contributed by atoms with E-state index in [0.29, 0.717) is 0 Å². The molecule has 0 fully saturated rings. The van der Waals surface area contributed by atoms with Crippen LogP contribution in [0.1, 0.15) is 27.7 Å². The van der Waals surface area contributed by atoms with Crippen LogP contribution in [0.4, 0.5) is 0 Å². The van der Waals surface area contributed by atoms with Crippen molar-refractivity contribution in [1.82, 2.24) is 0 Å². The zero-order valence-electron chi connectivity index (χ0n) is 20.7. The van der Waals surface area contributed by atoms with Gasteiger partial charge in [-0.25, -0.2) is 0 Å². The van der Waals surface area contributed by atoms with Gasteiger partial charge >= 0.3 is 0 Å². The molecule has 1 aliphatic carbocycles. The molecule has 0 heterocycles. The van der Waals surface area contributed by atoms with E-state index in [1.807, 2.05) is 0 Å². The molecule has 0 N–H and O–H groups in total. The molecular formula is C30H36Si2. The van der Waals surface area contributed by atoms with Crippen LogP contribution in [-0.4, -0.2) is 16.1 Å². The summed E-state index contributed by atoms with van der Waals surface area (Å²) in [6.07, 6.45) is 2.59. The smallest absolute Gasteiger partial charge is 0.0730 e. The molecule has 0 spiro atoms. The van der Waals surface area contributed by atoms with Crippen LogP contribution in [0.2, 0.25) is 24.7 Å². The lowest BCUT2D eigenvalue weighted by Gasteiger charge is -2.47. The van der Waals surface area contributed by atoms with Gasteiger partial charge in [-0.2, -0.15) is 0 Å². The number of hydrogen-bond donors (Lipinski definition) is 0. The van der Waals surface area contributed by atoms with E-state index in [0.717, 1.165) is 0 Å². The van der Waals surface area contributed by atoms with Crippen LogP contribution in [0.25, 0.3) is 0 Å². The predicted octanol–water partition coefficient (Wildman–Crippen LogP) is 5.76. The van der Waals surface area contributed by atoms with Gasteiger partial charge in [-0.15, -0.1) is 0 Å². The maximum absolute atomic E-state index is 2.59. The lowest BCUT2D eigenvalue weighted by Crippen LogP contribution is -2.73. The molecule has 0 aromatic heterocycles. The van der Waals surface area contributed by atoms with E-state index in [2.05, 4.69) is 138 Å². The molecule has 0 aliphatic heterocycles. The Bertz CT molecular complexity index is 1140. The lowest BCUT2D eigenvalue weighted by atomic mass is 10.0. The standard InChI is InChI=1S/C30H36Si2/c1-23-22-30(4,25(3)24(23)2)32(26-15-10-8-11-16-26,27-17-12-9-13-18-27)29-20-14-19-28(21-29)31(5,6)7/h8-22H,1-7H3. The van der Waals surface area contributed by atoms with Crippen LogP contribution in [0.15, 0.2) is 108 Å². The van der Waals surface area contributed by atoms with Crippen molar-refractivity contribution in [3.63, 3.8) is 0 Å². The molecule has 0 saturated heterocycles. The van der Waals surface area contributed by atoms with Gasteiger partial charge < -0.3 is 0 Å². The Morgan fingerprint density at radius 3 is 1.50 bits per heavy atom. The summed E-state index contributed by atoms with van der Waals surface area (Å²) in [5, 5.41) is 6.00. The van der Waals surface area contributed by atoms with Gasteiger partial charge in [0.25, 0.3) is 0 Å². The Balaban J connectivity index is 2.19. The van der Waals surface area contributed by atoms with Gasteiger partial charge in [0.05, 0.1) is 8.07 Å². The molecule has 1 atom stereocenters. The van der Waals surface area contributed by atoms with E-state index in [9.17, 15) is 0 Å². The quantitative estimate of drug-likeness (QED) is 0.341. The van der Waals surface area contributed by atoms with Crippen molar-refractivity contribution >= 4 is 36.9 Å². The van der Waals surface area contributed by atoms with Crippen molar-refractivity contribution in [2.45, 2.75) is 52.4 Å². The number of benzene rings is 3. The Labute approximate surface area is 196 Å². The van der Waals surface area contributed by atoms with Crippen LogP contribution in [0.3, 0.4) is 0 Å². The molecule has 0 bridgehead atoms. The maximum Gasteiger partial charge on any atom is 0.161 e. The highest BCUT2D eigenvalue weighted by atomic mass is 28.3. The van der Waals surface area contributed by atoms with E-state index in [1.54, 1.807) is 5.19 Å². The minimum Gasteiger partial charge on any atom is -0.0730 e. The monoisotopic (exact) mass is 452 g/mol. The lowest BCUT2D eigenvalue weighted by molar-refractivity contribution is 0.870. The molecule has 0 saturated carbocycles. The summed E-state index contributed by atoms with van der Waals surface area (Å²) in [4.78, 5) is 0. The van der Waals surface area contributed by atoms with Gasteiger partial charge in [-0.1, -0.05) is 134 Å². The van der Waals surface area contributed by atoms with Crippen molar-refractivity contribution in [3.05, 3.63) is 108 Å². The zero-order valence-corrected chi connectivity index (χ0v) is 22.7. The first-order chi connectivity index (χ1) is 15.1. The van der Waals surface area contributed by atoms with E-state index in [4.69, 9.17) is 0 Å². The van der Waals surface area contributed by atoms with Gasteiger partial charge in [0.2, 0.25) is 0 Å². The van der Waals surface area contributed by atoms with Crippen LogP contribution in [0.5, 0.6) is 0 Å². The first-order valence-corrected chi connectivity index (χ1v) is 17.2. The average Bonchev–Trinajstić information content (AvgIpc) is 2.98. The Hall–Kier alpha value is -2.43. The number of rotatable bonds is 5. The third-order valence-corrected chi connectivity index (χ3v) is 15.5. The van der Waals surface area contributed by atoms with Crippen LogP contribution in [0, 0.1) is 0 Å². The molecule has 32 heavy (non-hydrogen) atoms. The van der Waals surface area contributed by atoms with Gasteiger partial charge in [0.1, 0.15) is 0 Å². The maximum atomic E-state index is 2.59. The molecule has 0 amide bonds. The summed E-state index contributed by atoms with van der Waals surface area (Å²) in [6.45, 7) is 16.8. The number of hydrogen-bond acceptors (Lipinski definition) is 0. The summed E-state index contributed by atoms with van der Waals surface area (Å²) in [5.74, 6) is 0. The SMILES string of the molecule is CC1=CC(C)([Si](c2ccccc2)(c2ccccc2)c2cccc([Si](C)(C)C)c2)C(C)=C1C. The summed E-state index contributed by atoms with van der Waals surface area (Å²) < 4.78 is 0. The van der Waals surface area contributed by atoms with Crippen molar-refractivity contribution in [3.8, 4) is 0 Å². The molecule has 1 aliphatic rings. The highest BCUT2D eigenvalue weighted by Crippen LogP contribution is 2.52. The van der Waals surface area contributed by atoms with Crippen molar-refractivity contribution in [2.75, 3.05) is 0 Å². The topological polar surface area (TPSA) is 0 Å². The third-order valence-electron chi connectivity index (χ3n) is 7.79. The molecule has 0 radical (unpaired) electrons. The first kappa shape index (κ1) is 22.8. The predicted molar refractivity (Wildman–Crippen MR) is 147 cm³/mol. The second kappa shape index (κ2) is 8.17. The van der Waals surface area contributed by atoms with E-state index in [1.165, 1.54) is 32.3 Å². The summed E-state index contributed by atoms with van der Waals surface area (Å²) >= 11 is 0. The van der Waals surface area contributed by atoms with Crippen molar-refractivity contribution in [1.29, 1.82) is 0 Å². The fourth-order valence-corrected chi connectivity index (χ4v) is 13.1. The fraction of sp³-hybridized carbons (Fsp3) is 0.267. The first-order valence-electron chi connectivity index (χ1n) is 11.7. The second-order valence-corrected chi connectivity index (χ2v) is 19.9. The second-order valence-electron chi connectivity index (χ2n) is 10.6. The van der Waals surface area contributed by atoms with Crippen LogP contribution >= 0.6 is 0 Å². The molecule has 3 aromatic carbocycles. The van der Waals surface area contributed by atoms with Gasteiger partial charge in [-0.3, -0.25) is 0 Å². The highest BCUT2D eigenvalue weighted by Gasteiger charge is 2.55. The molecular weight excluding hydrogens is 417 g/mol. The van der Waals surface area contributed by atoms with Crippen LogP contribution < -0.4 is 20.7 Å². The fourth-order valence-electron chi connectivity index (χ4n) is 5.72. The molecule has 4 rings (SSSR count). The Morgan fingerprint density at radius 2 is 1.06 bits per heavy atom. The summed E-state index contributed by atoms with van der Waals surface area (Å²) in [5.41, 5.74) is 4.40. The molecule has 1 unspecified atom stereocenters. The molecule has 0 nitrogen and oxygen atoms in total. The van der Waals surface area contributed by atoms with E-state index < -0.39 is 16.1 Å².